The molecule has 2 unspecified atom stereocenters. The number of carbonyl (C=O) groups excluding carboxylic acids is 4. The number of hydrogen-bond acceptors (Lipinski definition) is 6. The van der Waals surface area contributed by atoms with Gasteiger partial charge in [0, 0.05) is 25.3 Å². The van der Waals surface area contributed by atoms with E-state index >= 15 is 0 Å². The van der Waals surface area contributed by atoms with Crippen LogP contribution in [0.1, 0.15) is 6.42 Å². The molecule has 1 aliphatic rings. The minimum Gasteiger partial charge on any atom is -0.497 e. The van der Waals surface area contributed by atoms with Gasteiger partial charge in [-0.15, -0.1) is 0 Å². The molecule has 1 aromatic carbocycles. The summed E-state index contributed by atoms with van der Waals surface area (Å²) in [6.45, 7) is 0.0485. The van der Waals surface area contributed by atoms with Gasteiger partial charge in [0.25, 0.3) is 0 Å². The maximum atomic E-state index is 13.0. The van der Waals surface area contributed by atoms with Gasteiger partial charge in [-0.2, -0.15) is 11.8 Å². The number of benzene rings is 1. The fourth-order valence-corrected chi connectivity index (χ4v) is 3.72. The summed E-state index contributed by atoms with van der Waals surface area (Å²) in [5.41, 5.74) is 5.71. The van der Waals surface area contributed by atoms with Crippen molar-refractivity contribution >= 4 is 41.2 Å². The van der Waals surface area contributed by atoms with E-state index in [0.717, 1.165) is 0 Å². The van der Waals surface area contributed by atoms with Crippen molar-refractivity contribution < 1.29 is 23.9 Å². The molecule has 0 aliphatic carbocycles. The molecule has 10 nitrogen and oxygen atoms in total. The minimum absolute atomic E-state index is 0.203. The van der Waals surface area contributed by atoms with E-state index < -0.39 is 29.9 Å². The molecule has 1 fully saturated rings. The molecule has 0 saturated carbocycles. The highest BCUT2D eigenvalue weighted by Crippen LogP contribution is 2.22. The molecule has 30 heavy (non-hydrogen) atoms. The second-order valence-corrected chi connectivity index (χ2v) is 7.72. The van der Waals surface area contributed by atoms with Gasteiger partial charge in [0.05, 0.1) is 25.4 Å². The molecule has 11 heteroatoms. The number of amides is 5. The van der Waals surface area contributed by atoms with Crippen LogP contribution in [0, 0.1) is 0 Å². The highest BCUT2D eigenvalue weighted by atomic mass is 32.2. The van der Waals surface area contributed by atoms with E-state index in [1.807, 2.05) is 0 Å². The van der Waals surface area contributed by atoms with E-state index in [9.17, 15) is 19.2 Å². The third-order valence-corrected chi connectivity index (χ3v) is 5.19. The largest absolute Gasteiger partial charge is 0.497 e. The van der Waals surface area contributed by atoms with Crippen LogP contribution < -0.4 is 21.1 Å². The predicted octanol–water partition coefficient (Wildman–Crippen LogP) is 0.0929. The summed E-state index contributed by atoms with van der Waals surface area (Å²) in [7, 11) is 2.96. The van der Waals surface area contributed by atoms with Crippen molar-refractivity contribution in [1.29, 1.82) is 0 Å². The molecule has 0 radical (unpaired) electrons. The number of hydrogen-bond donors (Lipinski definition) is 3. The highest BCUT2D eigenvalue weighted by molar-refractivity contribution is 7.99. The van der Waals surface area contributed by atoms with Gasteiger partial charge >= 0.3 is 6.03 Å². The predicted molar refractivity (Wildman–Crippen MR) is 114 cm³/mol. The van der Waals surface area contributed by atoms with Crippen molar-refractivity contribution in [2.24, 2.45) is 5.73 Å². The Morgan fingerprint density at radius 3 is 2.70 bits per heavy atom. The zero-order valence-corrected chi connectivity index (χ0v) is 18.0. The molecule has 1 heterocycles. The second kappa shape index (κ2) is 10.7. The Morgan fingerprint density at radius 2 is 2.07 bits per heavy atom. The summed E-state index contributed by atoms with van der Waals surface area (Å²) in [6, 6.07) is 4.81. The van der Waals surface area contributed by atoms with E-state index in [-0.39, 0.29) is 18.2 Å². The van der Waals surface area contributed by atoms with Gasteiger partial charge in [-0.05, 0) is 24.8 Å². The zero-order valence-electron chi connectivity index (χ0n) is 17.2. The smallest absolute Gasteiger partial charge is 0.319 e. The maximum Gasteiger partial charge on any atom is 0.319 e. The number of nitrogens with one attached hydrogen (secondary N) is 2. The summed E-state index contributed by atoms with van der Waals surface area (Å²) in [6.07, 6.45) is 2.20. The lowest BCUT2D eigenvalue weighted by atomic mass is 10.1. The number of nitrogens with two attached hydrogens (primary N) is 1. The number of urea groups is 1. The quantitative estimate of drug-likeness (QED) is 0.528. The average Bonchev–Trinajstić information content (AvgIpc) is 3.10. The number of ether oxygens (including phenoxy) is 1. The Hall–Kier alpha value is -2.95. The average molecular weight is 438 g/mol. The van der Waals surface area contributed by atoms with Gasteiger partial charge < -0.3 is 30.9 Å². The lowest BCUT2D eigenvalue weighted by molar-refractivity contribution is -0.143. The number of rotatable bonds is 8. The standard InChI is InChI=1S/C19H27N5O5S/c1-23(10-15(20)25)18(27)17-14(7-8-24(17)16(26)11-30-3)22-19(28)21-12-5-4-6-13(9-12)29-2/h4-6,9,14,17H,7-8,10-11H2,1-3H3,(H2,20,25)(H2,21,22,28). The SMILES string of the molecule is COc1cccc(NC(=O)NC2CCN(C(=O)CSC)C2C(=O)N(C)CC(N)=O)c1. The van der Waals surface area contributed by atoms with Crippen molar-refractivity contribution in [3.05, 3.63) is 24.3 Å². The number of nitrogens with zero attached hydrogens (tertiary/aromatic N) is 2. The van der Waals surface area contributed by atoms with Crippen molar-refractivity contribution in [3.63, 3.8) is 0 Å². The van der Waals surface area contributed by atoms with Gasteiger partial charge in [-0.25, -0.2) is 4.79 Å². The van der Waals surface area contributed by atoms with E-state index in [1.54, 1.807) is 30.5 Å². The zero-order chi connectivity index (χ0) is 22.3. The normalized spacial score (nSPS) is 17.9. The molecule has 2 rings (SSSR count). The number of likely N-dealkylation sites (N-methyl/N-ethyl adjacent to an activating group) is 1. The summed E-state index contributed by atoms with van der Waals surface area (Å²) in [5, 5.41) is 5.47. The lowest BCUT2D eigenvalue weighted by Crippen LogP contribution is -2.56. The molecule has 4 N–H and O–H groups in total. The molecular formula is C19H27N5O5S. The number of likely N-dealkylation sites (tertiary alicyclic amines) is 1. The first kappa shape index (κ1) is 23.3. The first-order chi connectivity index (χ1) is 14.3. The van der Waals surface area contributed by atoms with E-state index in [2.05, 4.69) is 10.6 Å². The van der Waals surface area contributed by atoms with Crippen LogP contribution in [0.15, 0.2) is 24.3 Å². The minimum atomic E-state index is -0.912. The number of anilines is 1. The number of primary amides is 1. The van der Waals surface area contributed by atoms with Crippen molar-refractivity contribution in [3.8, 4) is 5.75 Å². The van der Waals surface area contributed by atoms with Crippen LogP contribution in [0.2, 0.25) is 0 Å². The van der Waals surface area contributed by atoms with Crippen molar-refractivity contribution in [2.75, 3.05) is 44.6 Å². The topological polar surface area (TPSA) is 134 Å². The van der Waals surface area contributed by atoms with E-state index in [4.69, 9.17) is 10.5 Å². The molecular weight excluding hydrogens is 410 g/mol. The van der Waals surface area contributed by atoms with Gasteiger partial charge in [0.2, 0.25) is 17.7 Å². The molecule has 2 atom stereocenters. The third kappa shape index (κ3) is 6.02. The molecule has 1 aliphatic heterocycles. The highest BCUT2D eigenvalue weighted by Gasteiger charge is 2.43. The maximum absolute atomic E-state index is 13.0. The fourth-order valence-electron chi connectivity index (χ4n) is 3.31. The van der Waals surface area contributed by atoms with E-state index in [1.165, 1.54) is 35.7 Å². The lowest BCUT2D eigenvalue weighted by Gasteiger charge is -2.30. The second-order valence-electron chi connectivity index (χ2n) is 6.85. The monoisotopic (exact) mass is 437 g/mol. The van der Waals surface area contributed by atoms with Crippen LogP contribution in [0.3, 0.4) is 0 Å². The Bertz CT molecular complexity index is 805. The van der Waals surface area contributed by atoms with Gasteiger partial charge in [0.1, 0.15) is 11.8 Å². The van der Waals surface area contributed by atoms with Crippen LogP contribution in [-0.4, -0.2) is 84.9 Å². The Kier molecular flexibility index (Phi) is 8.34. The molecule has 0 aromatic heterocycles. The van der Waals surface area contributed by atoms with Crippen LogP contribution in [0.4, 0.5) is 10.5 Å². The Labute approximate surface area is 179 Å². The summed E-state index contributed by atoms with van der Waals surface area (Å²) >= 11 is 1.35. The van der Waals surface area contributed by atoms with Gasteiger partial charge in [0.15, 0.2) is 0 Å². The summed E-state index contributed by atoms with van der Waals surface area (Å²) in [4.78, 5) is 51.8. The number of methoxy groups -OCH3 is 1. The van der Waals surface area contributed by atoms with Gasteiger partial charge in [-0.3, -0.25) is 14.4 Å². The van der Waals surface area contributed by atoms with E-state index in [0.29, 0.717) is 24.4 Å². The molecule has 1 saturated heterocycles. The summed E-state index contributed by atoms with van der Waals surface area (Å²) < 4.78 is 5.13. The Morgan fingerprint density at radius 1 is 1.33 bits per heavy atom. The van der Waals surface area contributed by atoms with Crippen molar-refractivity contribution in [1.82, 2.24) is 15.1 Å². The first-order valence-electron chi connectivity index (χ1n) is 9.30. The number of carbonyl (C=O) groups is 4. The van der Waals surface area contributed by atoms with Crippen LogP contribution >= 0.6 is 11.8 Å². The van der Waals surface area contributed by atoms with Gasteiger partial charge in [-0.1, -0.05) is 6.07 Å². The fraction of sp³-hybridized carbons (Fsp3) is 0.474. The Balaban J connectivity index is 2.14. The summed E-state index contributed by atoms with van der Waals surface area (Å²) in [5.74, 6) is -0.514. The first-order valence-corrected chi connectivity index (χ1v) is 10.7. The molecule has 1 aromatic rings. The molecule has 5 amide bonds. The number of thioether (sulfide) groups is 1. The van der Waals surface area contributed by atoms with Crippen molar-refractivity contribution in [2.45, 2.75) is 18.5 Å². The molecule has 164 valence electrons. The molecule has 0 spiro atoms. The molecule has 0 bridgehead atoms. The third-order valence-electron chi connectivity index (χ3n) is 4.65. The van der Waals surface area contributed by atoms with Crippen LogP contribution in [0.5, 0.6) is 5.75 Å². The van der Waals surface area contributed by atoms with Crippen LogP contribution in [-0.2, 0) is 14.4 Å². The van der Waals surface area contributed by atoms with Crippen LogP contribution in [0.25, 0.3) is 0 Å².